The molecule has 1 amide bonds. The molecule has 0 radical (unpaired) electrons. The van der Waals surface area contributed by atoms with E-state index in [0.29, 0.717) is 11.6 Å². The summed E-state index contributed by atoms with van der Waals surface area (Å²) >= 11 is 0. The van der Waals surface area contributed by atoms with E-state index in [-0.39, 0.29) is 5.91 Å². The van der Waals surface area contributed by atoms with Crippen LogP contribution in [0.2, 0.25) is 0 Å². The summed E-state index contributed by atoms with van der Waals surface area (Å²) in [6.07, 6.45) is 0.812. The molecule has 0 saturated carbocycles. The topological polar surface area (TPSA) is 66.4 Å². The Bertz CT molecular complexity index is 503. The quantitative estimate of drug-likeness (QED) is 0.835. The van der Waals surface area contributed by atoms with Crippen LogP contribution in [-0.4, -0.2) is 17.0 Å². The maximum absolute atomic E-state index is 12.3. The molecule has 0 spiro atoms. The first-order chi connectivity index (χ1) is 9.63. The lowest BCUT2D eigenvalue weighted by molar-refractivity contribution is -0.138. The molecule has 21 heavy (non-hydrogen) atoms. The molecule has 0 aliphatic heterocycles. The second-order valence-corrected chi connectivity index (χ2v) is 6.62. The maximum atomic E-state index is 12.3. The Morgan fingerprint density at radius 1 is 1.14 bits per heavy atom. The number of benzene rings is 1. The van der Waals surface area contributed by atoms with Crippen LogP contribution < -0.4 is 5.32 Å². The standard InChI is InChI=1S/C17H25NO3/c1-11(2)10-17(4,5)16(21)18-14-8-6-13(7-9-14)12(3)15(19)20/h6-9,11-12H,10H2,1-5H3,(H,18,21)(H,19,20). The molecule has 0 heterocycles. The first-order valence-electron chi connectivity index (χ1n) is 7.27. The number of carbonyl (C=O) groups excluding carboxylic acids is 1. The molecule has 0 fully saturated rings. The van der Waals surface area contributed by atoms with E-state index in [9.17, 15) is 9.59 Å². The maximum Gasteiger partial charge on any atom is 0.310 e. The van der Waals surface area contributed by atoms with Gasteiger partial charge in [-0.1, -0.05) is 39.8 Å². The third kappa shape index (κ3) is 4.88. The van der Waals surface area contributed by atoms with Crippen molar-refractivity contribution in [3.63, 3.8) is 0 Å². The van der Waals surface area contributed by atoms with Crippen LogP contribution >= 0.6 is 0 Å². The molecule has 0 aromatic heterocycles. The summed E-state index contributed by atoms with van der Waals surface area (Å²) in [6, 6.07) is 6.98. The van der Waals surface area contributed by atoms with Crippen molar-refractivity contribution >= 4 is 17.6 Å². The van der Waals surface area contributed by atoms with E-state index in [4.69, 9.17) is 5.11 Å². The number of anilines is 1. The molecular formula is C17H25NO3. The lowest BCUT2D eigenvalue weighted by Gasteiger charge is -2.25. The Morgan fingerprint density at radius 2 is 1.67 bits per heavy atom. The van der Waals surface area contributed by atoms with Gasteiger partial charge >= 0.3 is 5.97 Å². The van der Waals surface area contributed by atoms with Crippen molar-refractivity contribution in [1.82, 2.24) is 0 Å². The first kappa shape index (κ1) is 17.2. The summed E-state index contributed by atoms with van der Waals surface area (Å²) in [5, 5.41) is 11.9. The summed E-state index contributed by atoms with van der Waals surface area (Å²) in [4.78, 5) is 23.2. The van der Waals surface area contributed by atoms with Crippen molar-refractivity contribution in [2.24, 2.45) is 11.3 Å². The van der Waals surface area contributed by atoms with Gasteiger partial charge in [-0.3, -0.25) is 9.59 Å². The molecule has 0 saturated heterocycles. The fourth-order valence-corrected chi connectivity index (χ4v) is 2.41. The van der Waals surface area contributed by atoms with Crippen LogP contribution in [0.5, 0.6) is 0 Å². The van der Waals surface area contributed by atoms with Gasteiger partial charge in [0, 0.05) is 11.1 Å². The van der Waals surface area contributed by atoms with Crippen molar-refractivity contribution in [3.8, 4) is 0 Å². The minimum Gasteiger partial charge on any atom is -0.481 e. The summed E-state index contributed by atoms with van der Waals surface area (Å²) in [5.74, 6) is -0.975. The zero-order valence-corrected chi connectivity index (χ0v) is 13.4. The zero-order chi connectivity index (χ0) is 16.2. The van der Waals surface area contributed by atoms with Crippen LogP contribution in [0.4, 0.5) is 5.69 Å². The highest BCUT2D eigenvalue weighted by Gasteiger charge is 2.28. The molecule has 1 aromatic rings. The minimum atomic E-state index is -0.857. The van der Waals surface area contributed by atoms with Crippen LogP contribution in [0.1, 0.15) is 52.5 Å². The van der Waals surface area contributed by atoms with Crippen LogP contribution in [0.3, 0.4) is 0 Å². The average molecular weight is 291 g/mol. The van der Waals surface area contributed by atoms with Gasteiger partial charge in [0.05, 0.1) is 5.92 Å². The summed E-state index contributed by atoms with van der Waals surface area (Å²) in [7, 11) is 0. The first-order valence-corrected chi connectivity index (χ1v) is 7.27. The van der Waals surface area contributed by atoms with Gasteiger partial charge in [0.2, 0.25) is 5.91 Å². The van der Waals surface area contributed by atoms with Crippen molar-refractivity contribution in [3.05, 3.63) is 29.8 Å². The predicted molar refractivity (Wildman–Crippen MR) is 84.4 cm³/mol. The van der Waals surface area contributed by atoms with E-state index in [1.165, 1.54) is 0 Å². The monoisotopic (exact) mass is 291 g/mol. The van der Waals surface area contributed by atoms with Crippen molar-refractivity contribution in [1.29, 1.82) is 0 Å². The largest absolute Gasteiger partial charge is 0.481 e. The molecule has 0 aliphatic carbocycles. The van der Waals surface area contributed by atoms with Crippen LogP contribution in [-0.2, 0) is 9.59 Å². The van der Waals surface area contributed by atoms with Gasteiger partial charge in [-0.15, -0.1) is 0 Å². The van der Waals surface area contributed by atoms with E-state index < -0.39 is 17.3 Å². The van der Waals surface area contributed by atoms with Crippen LogP contribution in [0, 0.1) is 11.3 Å². The third-order valence-electron chi connectivity index (χ3n) is 3.57. The fourth-order valence-electron chi connectivity index (χ4n) is 2.41. The fraction of sp³-hybridized carbons (Fsp3) is 0.529. The number of hydrogen-bond acceptors (Lipinski definition) is 2. The lowest BCUT2D eigenvalue weighted by atomic mass is 9.83. The summed E-state index contributed by atoms with van der Waals surface area (Å²) in [6.45, 7) is 9.70. The van der Waals surface area contributed by atoms with Crippen LogP contribution in [0.25, 0.3) is 0 Å². The summed E-state index contributed by atoms with van der Waals surface area (Å²) < 4.78 is 0. The average Bonchev–Trinajstić information content (AvgIpc) is 2.37. The molecule has 1 unspecified atom stereocenters. The molecule has 116 valence electrons. The number of carboxylic acids is 1. The third-order valence-corrected chi connectivity index (χ3v) is 3.57. The summed E-state index contributed by atoms with van der Waals surface area (Å²) in [5.41, 5.74) is 0.987. The van der Waals surface area contributed by atoms with Gasteiger partial charge in [0.25, 0.3) is 0 Å². The molecule has 1 aromatic carbocycles. The number of nitrogens with one attached hydrogen (secondary N) is 1. The minimum absolute atomic E-state index is 0.0183. The number of carbonyl (C=O) groups is 2. The van der Waals surface area contributed by atoms with Gasteiger partial charge in [-0.2, -0.15) is 0 Å². The zero-order valence-electron chi connectivity index (χ0n) is 13.4. The Labute approximate surface area is 126 Å². The highest BCUT2D eigenvalue weighted by molar-refractivity contribution is 5.94. The number of amides is 1. The molecule has 1 rings (SSSR count). The number of aliphatic carboxylic acids is 1. The molecular weight excluding hydrogens is 266 g/mol. The van der Waals surface area contributed by atoms with Crippen molar-refractivity contribution < 1.29 is 14.7 Å². The molecule has 4 nitrogen and oxygen atoms in total. The van der Waals surface area contributed by atoms with Crippen molar-refractivity contribution in [2.45, 2.75) is 47.0 Å². The van der Waals surface area contributed by atoms with Crippen molar-refractivity contribution in [2.75, 3.05) is 5.32 Å². The predicted octanol–water partition coefficient (Wildman–Crippen LogP) is 3.89. The van der Waals surface area contributed by atoms with E-state index in [2.05, 4.69) is 19.2 Å². The number of hydrogen-bond donors (Lipinski definition) is 2. The number of rotatable bonds is 6. The Balaban J connectivity index is 2.76. The van der Waals surface area contributed by atoms with Gasteiger partial charge in [-0.25, -0.2) is 0 Å². The number of carboxylic acid groups (broad SMARTS) is 1. The Kier molecular flexibility index (Phi) is 5.53. The molecule has 2 N–H and O–H groups in total. The Morgan fingerprint density at radius 3 is 2.10 bits per heavy atom. The van der Waals surface area contributed by atoms with Gasteiger partial charge in [0.15, 0.2) is 0 Å². The Hall–Kier alpha value is -1.84. The van der Waals surface area contributed by atoms with Gasteiger partial charge in [-0.05, 0) is 37.0 Å². The van der Waals surface area contributed by atoms with Gasteiger partial charge < -0.3 is 10.4 Å². The SMILES string of the molecule is CC(C)CC(C)(C)C(=O)Nc1ccc(C(C)C(=O)O)cc1. The van der Waals surface area contributed by atoms with Crippen LogP contribution in [0.15, 0.2) is 24.3 Å². The smallest absolute Gasteiger partial charge is 0.310 e. The molecule has 4 heteroatoms. The second kappa shape index (κ2) is 6.74. The van der Waals surface area contributed by atoms with Gasteiger partial charge in [0.1, 0.15) is 0 Å². The molecule has 0 bridgehead atoms. The highest BCUT2D eigenvalue weighted by Crippen LogP contribution is 2.27. The lowest BCUT2D eigenvalue weighted by Crippen LogP contribution is -2.32. The normalized spacial score (nSPS) is 13.0. The van der Waals surface area contributed by atoms with E-state index >= 15 is 0 Å². The highest BCUT2D eigenvalue weighted by atomic mass is 16.4. The molecule has 0 aliphatic rings. The second-order valence-electron chi connectivity index (χ2n) is 6.62. The van der Waals surface area contributed by atoms with E-state index in [1.807, 2.05) is 13.8 Å². The van der Waals surface area contributed by atoms with E-state index in [0.717, 1.165) is 12.0 Å². The molecule has 1 atom stereocenters. The van der Waals surface area contributed by atoms with E-state index in [1.54, 1.807) is 31.2 Å².